The third-order valence-corrected chi connectivity index (χ3v) is 3.01. The maximum atomic E-state index is 12.4. The van der Waals surface area contributed by atoms with E-state index in [1.807, 2.05) is 79.4 Å². The van der Waals surface area contributed by atoms with Gasteiger partial charge in [-0.1, -0.05) is 62.4 Å². The Bertz CT molecular complexity index is 519. The molecule has 2 aromatic carbocycles. The van der Waals surface area contributed by atoms with E-state index in [9.17, 15) is 4.79 Å². The van der Waals surface area contributed by atoms with Crippen molar-refractivity contribution in [1.29, 1.82) is 0 Å². The summed E-state index contributed by atoms with van der Waals surface area (Å²) in [6.07, 6.45) is 0. The SMILES string of the molecule is CC(C)C(=O)N(Cc1ccccc1)c1ccccc1. The lowest BCUT2D eigenvalue weighted by Gasteiger charge is -2.25. The Morgan fingerprint density at radius 3 is 2.00 bits per heavy atom. The zero-order chi connectivity index (χ0) is 13.7. The molecule has 0 unspecified atom stereocenters. The fourth-order valence-corrected chi connectivity index (χ4v) is 1.98. The standard InChI is InChI=1S/C17H19NO/c1-14(2)17(19)18(16-11-7-4-8-12-16)13-15-9-5-3-6-10-15/h3-12,14H,13H2,1-2H3. The van der Waals surface area contributed by atoms with Crippen molar-refractivity contribution >= 4 is 11.6 Å². The molecule has 0 aliphatic heterocycles. The minimum atomic E-state index is -0.0103. The number of carbonyl (C=O) groups excluding carboxylic acids is 1. The van der Waals surface area contributed by atoms with Gasteiger partial charge in [0.2, 0.25) is 5.91 Å². The Labute approximate surface area is 114 Å². The van der Waals surface area contributed by atoms with Crippen molar-refractivity contribution in [2.24, 2.45) is 5.92 Å². The minimum Gasteiger partial charge on any atom is -0.308 e. The van der Waals surface area contributed by atoms with Gasteiger partial charge in [0.15, 0.2) is 0 Å². The Morgan fingerprint density at radius 2 is 1.47 bits per heavy atom. The molecule has 0 atom stereocenters. The molecule has 0 saturated carbocycles. The van der Waals surface area contributed by atoms with Gasteiger partial charge in [0, 0.05) is 11.6 Å². The zero-order valence-corrected chi connectivity index (χ0v) is 11.4. The summed E-state index contributed by atoms with van der Waals surface area (Å²) in [6, 6.07) is 19.9. The van der Waals surface area contributed by atoms with Gasteiger partial charge in [0.1, 0.15) is 0 Å². The van der Waals surface area contributed by atoms with E-state index in [1.54, 1.807) is 0 Å². The molecule has 0 N–H and O–H groups in total. The predicted octanol–water partition coefficient (Wildman–Crippen LogP) is 3.88. The van der Waals surface area contributed by atoms with Gasteiger partial charge < -0.3 is 4.90 Å². The number of para-hydroxylation sites is 1. The topological polar surface area (TPSA) is 20.3 Å². The first-order valence-electron chi connectivity index (χ1n) is 6.59. The maximum absolute atomic E-state index is 12.4. The zero-order valence-electron chi connectivity index (χ0n) is 11.4. The first kappa shape index (κ1) is 13.3. The average Bonchev–Trinajstić information content (AvgIpc) is 2.46. The van der Waals surface area contributed by atoms with Crippen LogP contribution in [0.4, 0.5) is 5.69 Å². The second-order valence-electron chi connectivity index (χ2n) is 4.90. The normalized spacial score (nSPS) is 10.5. The number of benzene rings is 2. The molecule has 2 heteroatoms. The average molecular weight is 253 g/mol. The molecular formula is C17H19NO. The molecule has 0 spiro atoms. The van der Waals surface area contributed by atoms with E-state index in [-0.39, 0.29) is 11.8 Å². The molecule has 2 rings (SSSR count). The minimum absolute atomic E-state index is 0.0103. The lowest BCUT2D eigenvalue weighted by atomic mass is 10.1. The van der Waals surface area contributed by atoms with Crippen LogP contribution in [0.25, 0.3) is 0 Å². The summed E-state index contributed by atoms with van der Waals surface area (Å²) in [6.45, 7) is 4.48. The van der Waals surface area contributed by atoms with Crippen LogP contribution in [0, 0.1) is 5.92 Å². The predicted molar refractivity (Wildman–Crippen MR) is 78.9 cm³/mol. The maximum Gasteiger partial charge on any atom is 0.229 e. The third-order valence-electron chi connectivity index (χ3n) is 3.01. The van der Waals surface area contributed by atoms with E-state index in [2.05, 4.69) is 0 Å². The highest BCUT2D eigenvalue weighted by Crippen LogP contribution is 2.19. The summed E-state index contributed by atoms with van der Waals surface area (Å²) >= 11 is 0. The van der Waals surface area contributed by atoms with Crippen molar-refractivity contribution in [2.75, 3.05) is 4.90 Å². The van der Waals surface area contributed by atoms with Gasteiger partial charge in [0.05, 0.1) is 6.54 Å². The Balaban J connectivity index is 2.28. The fraction of sp³-hybridized carbons (Fsp3) is 0.235. The van der Waals surface area contributed by atoms with Gasteiger partial charge in [-0.2, -0.15) is 0 Å². The largest absolute Gasteiger partial charge is 0.308 e. The number of nitrogens with zero attached hydrogens (tertiary/aromatic N) is 1. The van der Waals surface area contributed by atoms with Crippen LogP contribution in [0.5, 0.6) is 0 Å². The molecule has 0 heterocycles. The van der Waals surface area contributed by atoms with Gasteiger partial charge in [-0.3, -0.25) is 4.79 Å². The van der Waals surface area contributed by atoms with Crippen molar-refractivity contribution in [3.63, 3.8) is 0 Å². The molecule has 0 bridgehead atoms. The van der Waals surface area contributed by atoms with Crippen LogP contribution >= 0.6 is 0 Å². The van der Waals surface area contributed by atoms with Gasteiger partial charge >= 0.3 is 0 Å². The summed E-state index contributed by atoms with van der Waals surface area (Å²) in [5, 5.41) is 0. The Morgan fingerprint density at radius 1 is 0.947 bits per heavy atom. The molecule has 2 nitrogen and oxygen atoms in total. The van der Waals surface area contributed by atoms with Gasteiger partial charge in [-0.05, 0) is 17.7 Å². The quantitative estimate of drug-likeness (QED) is 0.809. The lowest BCUT2D eigenvalue weighted by molar-refractivity contribution is -0.121. The first-order valence-corrected chi connectivity index (χ1v) is 6.59. The summed E-state index contributed by atoms with van der Waals surface area (Å²) < 4.78 is 0. The van der Waals surface area contributed by atoms with Crippen molar-refractivity contribution in [3.05, 3.63) is 66.2 Å². The smallest absolute Gasteiger partial charge is 0.229 e. The highest BCUT2D eigenvalue weighted by molar-refractivity contribution is 5.94. The number of hydrogen-bond acceptors (Lipinski definition) is 1. The Hall–Kier alpha value is -2.09. The molecular weight excluding hydrogens is 234 g/mol. The van der Waals surface area contributed by atoms with Crippen LogP contribution in [-0.4, -0.2) is 5.91 Å². The van der Waals surface area contributed by atoms with Crippen LogP contribution in [0.2, 0.25) is 0 Å². The molecule has 0 aromatic heterocycles. The van der Waals surface area contributed by atoms with E-state index in [1.165, 1.54) is 0 Å². The number of hydrogen-bond donors (Lipinski definition) is 0. The van der Waals surface area contributed by atoms with E-state index in [0.717, 1.165) is 11.3 Å². The highest BCUT2D eigenvalue weighted by Gasteiger charge is 2.18. The summed E-state index contributed by atoms with van der Waals surface area (Å²) in [7, 11) is 0. The van der Waals surface area contributed by atoms with E-state index in [0.29, 0.717) is 6.54 Å². The van der Waals surface area contributed by atoms with Crippen LogP contribution in [-0.2, 0) is 11.3 Å². The van der Waals surface area contributed by atoms with E-state index >= 15 is 0 Å². The summed E-state index contributed by atoms with van der Waals surface area (Å²) in [4.78, 5) is 14.2. The second-order valence-corrected chi connectivity index (χ2v) is 4.90. The molecule has 0 saturated heterocycles. The fourth-order valence-electron chi connectivity index (χ4n) is 1.98. The van der Waals surface area contributed by atoms with Crippen molar-refractivity contribution in [3.8, 4) is 0 Å². The third kappa shape index (κ3) is 3.44. The van der Waals surface area contributed by atoms with E-state index < -0.39 is 0 Å². The number of carbonyl (C=O) groups is 1. The van der Waals surface area contributed by atoms with Crippen LogP contribution in [0.15, 0.2) is 60.7 Å². The number of anilines is 1. The Kier molecular flexibility index (Phi) is 4.35. The summed E-state index contributed by atoms with van der Waals surface area (Å²) in [5.41, 5.74) is 2.09. The van der Waals surface area contributed by atoms with Crippen LogP contribution < -0.4 is 4.90 Å². The monoisotopic (exact) mass is 253 g/mol. The van der Waals surface area contributed by atoms with Crippen LogP contribution in [0.1, 0.15) is 19.4 Å². The second kappa shape index (κ2) is 6.19. The molecule has 0 aliphatic carbocycles. The van der Waals surface area contributed by atoms with Gasteiger partial charge in [0.25, 0.3) is 0 Å². The molecule has 1 amide bonds. The van der Waals surface area contributed by atoms with Gasteiger partial charge in [-0.15, -0.1) is 0 Å². The molecule has 0 aliphatic rings. The van der Waals surface area contributed by atoms with Gasteiger partial charge in [-0.25, -0.2) is 0 Å². The molecule has 98 valence electrons. The number of rotatable bonds is 4. The number of amides is 1. The van der Waals surface area contributed by atoms with Crippen molar-refractivity contribution < 1.29 is 4.79 Å². The molecule has 0 radical (unpaired) electrons. The first-order chi connectivity index (χ1) is 9.18. The summed E-state index contributed by atoms with van der Waals surface area (Å²) in [5.74, 6) is 0.138. The lowest BCUT2D eigenvalue weighted by Crippen LogP contribution is -2.33. The molecule has 19 heavy (non-hydrogen) atoms. The van der Waals surface area contributed by atoms with Crippen molar-refractivity contribution in [1.82, 2.24) is 0 Å². The van der Waals surface area contributed by atoms with Crippen LogP contribution in [0.3, 0.4) is 0 Å². The van der Waals surface area contributed by atoms with Crippen molar-refractivity contribution in [2.45, 2.75) is 20.4 Å². The molecule has 2 aromatic rings. The molecule has 0 fully saturated rings. The van der Waals surface area contributed by atoms with E-state index in [4.69, 9.17) is 0 Å². The highest BCUT2D eigenvalue weighted by atomic mass is 16.2.